The first-order valence-electron chi connectivity index (χ1n) is 5.81. The maximum atomic E-state index is 3.33. The minimum absolute atomic E-state index is 1.16. The Balaban J connectivity index is 2.31. The fourth-order valence-electron chi connectivity index (χ4n) is 1.72. The lowest BCUT2D eigenvalue weighted by atomic mass is 10.1. The van der Waals surface area contributed by atoms with Gasteiger partial charge in [0.1, 0.15) is 0 Å². The summed E-state index contributed by atoms with van der Waals surface area (Å²) < 4.78 is 0. The summed E-state index contributed by atoms with van der Waals surface area (Å²) in [5, 5.41) is 0. The van der Waals surface area contributed by atoms with Crippen molar-refractivity contribution in [1.29, 1.82) is 0 Å². The monoisotopic (exact) mass is 220 g/mol. The van der Waals surface area contributed by atoms with Crippen molar-refractivity contribution in [3.05, 3.63) is 77.0 Å². The smallest absolute Gasteiger partial charge is 0.00188 e. The number of hydrogen-bond donors (Lipinski definition) is 0. The van der Waals surface area contributed by atoms with Gasteiger partial charge in [-0.1, -0.05) is 60.2 Å². The molecule has 0 bridgehead atoms. The van der Waals surface area contributed by atoms with Gasteiger partial charge in [-0.25, -0.2) is 0 Å². The molecule has 0 saturated heterocycles. The molecule has 0 saturated carbocycles. The first-order chi connectivity index (χ1) is 8.25. The van der Waals surface area contributed by atoms with E-state index < -0.39 is 0 Å². The fraction of sp³-hybridized carbons (Fsp3) is 0.118. The molecule has 0 radical (unpaired) electrons. The van der Waals surface area contributed by atoms with E-state index in [0.717, 1.165) is 5.57 Å². The molecule has 17 heavy (non-hydrogen) atoms. The molecular formula is C17H16. The molecule has 0 heterocycles. The van der Waals surface area contributed by atoms with Crippen molar-refractivity contribution in [1.82, 2.24) is 0 Å². The van der Waals surface area contributed by atoms with Crippen LogP contribution < -0.4 is 0 Å². The molecule has 0 aliphatic carbocycles. The van der Waals surface area contributed by atoms with Crippen LogP contribution >= 0.6 is 0 Å². The van der Waals surface area contributed by atoms with E-state index in [4.69, 9.17) is 0 Å². The lowest BCUT2D eigenvalue weighted by molar-refractivity contribution is 1.46. The molecule has 2 aromatic carbocycles. The van der Waals surface area contributed by atoms with Crippen molar-refractivity contribution in [2.24, 2.45) is 0 Å². The van der Waals surface area contributed by atoms with Gasteiger partial charge in [0, 0.05) is 0 Å². The van der Waals surface area contributed by atoms with Gasteiger partial charge in [0.05, 0.1) is 0 Å². The maximum absolute atomic E-state index is 3.33. The van der Waals surface area contributed by atoms with Gasteiger partial charge in [0.2, 0.25) is 0 Å². The zero-order chi connectivity index (χ0) is 12.1. The minimum Gasteiger partial charge on any atom is -0.116 e. The Kier molecular flexibility index (Phi) is 3.59. The van der Waals surface area contributed by atoms with E-state index in [9.17, 15) is 0 Å². The summed E-state index contributed by atoms with van der Waals surface area (Å²) in [6.45, 7) is 4.19. The summed E-state index contributed by atoms with van der Waals surface area (Å²) in [5.41, 5.74) is 8.18. The average Bonchev–Trinajstić information content (AvgIpc) is 2.37. The molecule has 0 N–H and O–H groups in total. The molecule has 2 rings (SSSR count). The van der Waals surface area contributed by atoms with Gasteiger partial charge in [-0.05, 0) is 36.6 Å². The van der Waals surface area contributed by atoms with E-state index in [0.29, 0.717) is 0 Å². The second kappa shape index (κ2) is 5.34. The number of aryl methyl sites for hydroxylation is 1. The quantitative estimate of drug-likeness (QED) is 0.643. The summed E-state index contributed by atoms with van der Waals surface area (Å²) in [6, 6.07) is 18.8. The van der Waals surface area contributed by atoms with Gasteiger partial charge < -0.3 is 0 Å². The van der Waals surface area contributed by atoms with Gasteiger partial charge in [0.25, 0.3) is 0 Å². The summed E-state index contributed by atoms with van der Waals surface area (Å²) in [5.74, 6) is 0. The molecule has 0 amide bonds. The Bertz CT molecular complexity index is 556. The third-order valence-corrected chi connectivity index (χ3v) is 2.70. The topological polar surface area (TPSA) is 0 Å². The fourth-order valence-corrected chi connectivity index (χ4v) is 1.72. The van der Waals surface area contributed by atoms with Crippen molar-refractivity contribution >= 4 is 11.6 Å². The summed E-state index contributed by atoms with van der Waals surface area (Å²) in [7, 11) is 0. The van der Waals surface area contributed by atoms with Crippen LogP contribution in [0.25, 0.3) is 11.6 Å². The SMILES string of the molecule is CC(=C=Cc1cccc(C)c1)c1ccccc1. The lowest BCUT2D eigenvalue weighted by Gasteiger charge is -1.97. The zero-order valence-corrected chi connectivity index (χ0v) is 10.3. The Morgan fingerprint density at radius 1 is 1.00 bits per heavy atom. The van der Waals surface area contributed by atoms with Crippen LogP contribution in [0, 0.1) is 6.92 Å². The Hall–Kier alpha value is -2.04. The van der Waals surface area contributed by atoms with E-state index in [1.807, 2.05) is 24.3 Å². The van der Waals surface area contributed by atoms with Crippen LogP contribution in [0.1, 0.15) is 23.6 Å². The minimum atomic E-state index is 1.16. The van der Waals surface area contributed by atoms with E-state index in [2.05, 4.69) is 56.0 Å². The first-order valence-corrected chi connectivity index (χ1v) is 5.81. The van der Waals surface area contributed by atoms with Gasteiger partial charge in [-0.15, -0.1) is 5.73 Å². The van der Waals surface area contributed by atoms with Gasteiger partial charge in [0.15, 0.2) is 0 Å². The van der Waals surface area contributed by atoms with Crippen LogP contribution in [0.15, 0.2) is 60.3 Å². The highest BCUT2D eigenvalue weighted by Gasteiger charge is 1.91. The predicted octanol–water partition coefficient (Wildman–Crippen LogP) is 4.71. The van der Waals surface area contributed by atoms with Crippen LogP contribution in [0.3, 0.4) is 0 Å². The predicted molar refractivity (Wildman–Crippen MR) is 74.7 cm³/mol. The van der Waals surface area contributed by atoms with Gasteiger partial charge in [-0.2, -0.15) is 0 Å². The maximum Gasteiger partial charge on any atom is -0.00188 e. The Morgan fingerprint density at radius 3 is 2.47 bits per heavy atom. The van der Waals surface area contributed by atoms with Crippen LogP contribution in [0.4, 0.5) is 0 Å². The zero-order valence-electron chi connectivity index (χ0n) is 10.3. The highest BCUT2D eigenvalue weighted by molar-refractivity contribution is 5.67. The molecule has 0 heteroatoms. The van der Waals surface area contributed by atoms with Crippen LogP contribution in [-0.4, -0.2) is 0 Å². The Morgan fingerprint density at radius 2 is 1.76 bits per heavy atom. The summed E-state index contributed by atoms with van der Waals surface area (Å²) >= 11 is 0. The van der Waals surface area contributed by atoms with Crippen LogP contribution in [-0.2, 0) is 0 Å². The molecule has 0 aliphatic rings. The number of benzene rings is 2. The highest BCUT2D eigenvalue weighted by Crippen LogP contribution is 2.12. The van der Waals surface area contributed by atoms with Crippen molar-refractivity contribution in [2.45, 2.75) is 13.8 Å². The summed E-state index contributed by atoms with van der Waals surface area (Å²) in [6.07, 6.45) is 2.04. The van der Waals surface area contributed by atoms with E-state index in [1.54, 1.807) is 0 Å². The molecule has 0 unspecified atom stereocenters. The first kappa shape index (κ1) is 11.4. The molecule has 84 valence electrons. The van der Waals surface area contributed by atoms with Crippen LogP contribution in [0.5, 0.6) is 0 Å². The van der Waals surface area contributed by atoms with Gasteiger partial charge in [-0.3, -0.25) is 0 Å². The third kappa shape index (κ3) is 3.21. The third-order valence-electron chi connectivity index (χ3n) is 2.70. The number of allylic oxidation sites excluding steroid dienone is 1. The van der Waals surface area contributed by atoms with Crippen molar-refractivity contribution in [2.75, 3.05) is 0 Å². The average molecular weight is 220 g/mol. The number of hydrogen-bond acceptors (Lipinski definition) is 0. The van der Waals surface area contributed by atoms with Crippen molar-refractivity contribution in [3.8, 4) is 0 Å². The second-order valence-electron chi connectivity index (χ2n) is 4.19. The summed E-state index contributed by atoms with van der Waals surface area (Å²) in [4.78, 5) is 0. The highest BCUT2D eigenvalue weighted by atomic mass is 14.0. The van der Waals surface area contributed by atoms with Crippen LogP contribution in [0.2, 0.25) is 0 Å². The molecule has 0 aliphatic heterocycles. The van der Waals surface area contributed by atoms with Crippen molar-refractivity contribution < 1.29 is 0 Å². The molecule has 0 aromatic heterocycles. The van der Waals surface area contributed by atoms with E-state index in [1.165, 1.54) is 16.7 Å². The molecule has 0 spiro atoms. The van der Waals surface area contributed by atoms with E-state index in [-0.39, 0.29) is 0 Å². The lowest BCUT2D eigenvalue weighted by Crippen LogP contribution is -1.76. The molecular weight excluding hydrogens is 204 g/mol. The van der Waals surface area contributed by atoms with Gasteiger partial charge >= 0.3 is 0 Å². The molecule has 0 atom stereocenters. The number of rotatable bonds is 2. The second-order valence-corrected chi connectivity index (χ2v) is 4.19. The molecule has 0 fully saturated rings. The van der Waals surface area contributed by atoms with E-state index >= 15 is 0 Å². The normalized spacial score (nSPS) is 9.53. The standard InChI is InChI=1S/C17H16/c1-14-7-6-8-16(13-14)12-11-15(2)17-9-4-3-5-10-17/h3-10,12-13H,1-2H3. The molecule has 0 nitrogen and oxygen atoms in total. The largest absolute Gasteiger partial charge is 0.116 e. The Labute approximate surface area is 103 Å². The van der Waals surface area contributed by atoms with Crippen molar-refractivity contribution in [3.63, 3.8) is 0 Å². The molecule has 2 aromatic rings.